The third kappa shape index (κ3) is 3.16. The summed E-state index contributed by atoms with van der Waals surface area (Å²) in [5, 5.41) is 9.95. The largest absolute Gasteiger partial charge is 0.376 e. The molecule has 0 saturated heterocycles. The summed E-state index contributed by atoms with van der Waals surface area (Å²) >= 11 is 0. The lowest BCUT2D eigenvalue weighted by Crippen LogP contribution is -2.05. The van der Waals surface area contributed by atoms with Gasteiger partial charge >= 0.3 is 7.60 Å². The summed E-state index contributed by atoms with van der Waals surface area (Å²) in [5.74, 6) is -1.23. The van der Waals surface area contributed by atoms with Crippen molar-refractivity contribution in [2.75, 3.05) is 13.7 Å². The van der Waals surface area contributed by atoms with E-state index in [4.69, 9.17) is 9.05 Å². The summed E-state index contributed by atoms with van der Waals surface area (Å²) in [7, 11) is -2.19. The van der Waals surface area contributed by atoms with E-state index < -0.39 is 13.4 Å². The van der Waals surface area contributed by atoms with Gasteiger partial charge in [-0.2, -0.15) is 0 Å². The zero-order valence-electron chi connectivity index (χ0n) is 9.50. The zero-order valence-corrected chi connectivity index (χ0v) is 10.4. The Hall–Kier alpha value is -0.670. The zero-order chi connectivity index (χ0) is 12.0. The van der Waals surface area contributed by atoms with E-state index in [0.717, 1.165) is 6.42 Å². The molecule has 0 aliphatic carbocycles. The lowest BCUT2D eigenvalue weighted by Gasteiger charge is -2.21. The van der Waals surface area contributed by atoms with E-state index in [1.54, 1.807) is 24.3 Å². The number of benzene rings is 1. The molecule has 0 amide bonds. The van der Waals surface area contributed by atoms with Gasteiger partial charge < -0.3 is 14.2 Å². The summed E-state index contributed by atoms with van der Waals surface area (Å²) in [5.41, 5.74) is 0.531. The number of hydrogen-bond donors (Lipinski definition) is 1. The molecule has 1 aromatic rings. The van der Waals surface area contributed by atoms with Crippen molar-refractivity contribution in [3.8, 4) is 0 Å². The molecule has 5 heteroatoms. The van der Waals surface area contributed by atoms with Gasteiger partial charge in [0.25, 0.3) is 0 Å². The van der Waals surface area contributed by atoms with Gasteiger partial charge in [-0.25, -0.2) is 0 Å². The number of aliphatic hydroxyl groups excluding tert-OH is 1. The van der Waals surface area contributed by atoms with Crippen LogP contribution in [0, 0.1) is 0 Å². The summed E-state index contributed by atoms with van der Waals surface area (Å²) in [6.45, 7) is 2.20. The Kier molecular flexibility index (Phi) is 5.16. The summed E-state index contributed by atoms with van der Waals surface area (Å²) < 4.78 is 22.1. The van der Waals surface area contributed by atoms with Crippen LogP contribution in [-0.4, -0.2) is 18.8 Å². The van der Waals surface area contributed by atoms with Crippen molar-refractivity contribution in [3.05, 3.63) is 35.9 Å². The van der Waals surface area contributed by atoms with Crippen LogP contribution in [0.4, 0.5) is 0 Å². The predicted molar refractivity (Wildman–Crippen MR) is 62.3 cm³/mol. The Bertz CT molecular complexity index is 352. The first kappa shape index (κ1) is 13.4. The molecule has 0 saturated carbocycles. The molecule has 2 unspecified atom stereocenters. The lowest BCUT2D eigenvalue weighted by molar-refractivity contribution is 0.158. The van der Waals surface area contributed by atoms with Crippen molar-refractivity contribution in [2.24, 2.45) is 0 Å². The van der Waals surface area contributed by atoms with E-state index in [1.807, 2.05) is 13.0 Å². The lowest BCUT2D eigenvalue weighted by atomic mass is 10.2. The van der Waals surface area contributed by atoms with Gasteiger partial charge in [0.05, 0.1) is 6.61 Å². The molecule has 1 rings (SSSR count). The minimum absolute atomic E-state index is 0.301. The topological polar surface area (TPSA) is 55.8 Å². The maximum atomic E-state index is 12.1. The van der Waals surface area contributed by atoms with Crippen molar-refractivity contribution < 1.29 is 18.7 Å². The third-order valence-electron chi connectivity index (χ3n) is 2.13. The maximum Gasteiger partial charge on any atom is 0.363 e. The molecular weight excluding hydrogens is 227 g/mol. The fourth-order valence-corrected chi connectivity index (χ4v) is 2.67. The molecule has 0 spiro atoms. The smallest absolute Gasteiger partial charge is 0.363 e. The molecule has 0 bridgehead atoms. The van der Waals surface area contributed by atoms with Crippen molar-refractivity contribution in [1.82, 2.24) is 0 Å². The molecule has 0 aliphatic heterocycles. The Morgan fingerprint density at radius 2 is 2.00 bits per heavy atom. The molecule has 0 aliphatic rings. The fraction of sp³-hybridized carbons (Fsp3) is 0.455. The van der Waals surface area contributed by atoms with E-state index >= 15 is 0 Å². The predicted octanol–water partition coefficient (Wildman–Crippen LogP) is 2.94. The van der Waals surface area contributed by atoms with Crippen molar-refractivity contribution in [2.45, 2.75) is 19.2 Å². The first-order valence-corrected chi connectivity index (χ1v) is 6.78. The Balaban J connectivity index is 2.84. The van der Waals surface area contributed by atoms with Gasteiger partial charge in [0, 0.05) is 7.11 Å². The average Bonchev–Trinajstić information content (AvgIpc) is 2.36. The minimum Gasteiger partial charge on any atom is -0.376 e. The normalized spacial score (nSPS) is 16.7. The molecule has 4 nitrogen and oxygen atoms in total. The van der Waals surface area contributed by atoms with Crippen LogP contribution in [0.3, 0.4) is 0 Å². The maximum absolute atomic E-state index is 12.1. The van der Waals surface area contributed by atoms with Crippen LogP contribution in [0.25, 0.3) is 0 Å². The Morgan fingerprint density at radius 1 is 1.38 bits per heavy atom. The van der Waals surface area contributed by atoms with Crippen LogP contribution in [0.1, 0.15) is 24.8 Å². The molecule has 90 valence electrons. The van der Waals surface area contributed by atoms with E-state index in [0.29, 0.717) is 12.2 Å². The van der Waals surface area contributed by atoms with Crippen LogP contribution in [0.5, 0.6) is 0 Å². The highest BCUT2D eigenvalue weighted by atomic mass is 31.2. The molecule has 16 heavy (non-hydrogen) atoms. The average molecular weight is 244 g/mol. The second kappa shape index (κ2) is 6.16. The molecule has 0 radical (unpaired) electrons. The summed E-state index contributed by atoms with van der Waals surface area (Å²) in [4.78, 5) is 0. The number of rotatable bonds is 6. The summed E-state index contributed by atoms with van der Waals surface area (Å²) in [6.07, 6.45) is 0.717. The van der Waals surface area contributed by atoms with Crippen molar-refractivity contribution in [3.63, 3.8) is 0 Å². The van der Waals surface area contributed by atoms with Gasteiger partial charge in [0.1, 0.15) is 0 Å². The first-order chi connectivity index (χ1) is 7.64. The first-order valence-electron chi connectivity index (χ1n) is 5.17. The minimum atomic E-state index is -3.47. The van der Waals surface area contributed by atoms with E-state index in [9.17, 15) is 9.67 Å². The Labute approximate surface area is 95.7 Å². The Morgan fingerprint density at radius 3 is 2.50 bits per heavy atom. The molecule has 0 fully saturated rings. The molecule has 2 atom stereocenters. The van der Waals surface area contributed by atoms with Gasteiger partial charge in [0.15, 0.2) is 5.85 Å². The second-order valence-electron chi connectivity index (χ2n) is 3.34. The van der Waals surface area contributed by atoms with Crippen LogP contribution < -0.4 is 0 Å². The molecular formula is C11H17O4P. The molecule has 0 aromatic heterocycles. The van der Waals surface area contributed by atoms with Crippen molar-refractivity contribution >= 4 is 7.60 Å². The highest BCUT2D eigenvalue weighted by Gasteiger charge is 2.34. The molecule has 1 aromatic carbocycles. The standard InChI is InChI=1S/C11H17O4P/c1-3-9-15-16(13,14-2)11(12)10-7-5-4-6-8-10/h4-8,11-12H,3,9H2,1-2H3. The van der Waals surface area contributed by atoms with Gasteiger partial charge in [-0.15, -0.1) is 0 Å². The summed E-state index contributed by atoms with van der Waals surface area (Å²) in [6, 6.07) is 8.72. The molecule has 1 N–H and O–H groups in total. The van der Waals surface area contributed by atoms with Gasteiger partial charge in [-0.05, 0) is 12.0 Å². The fourth-order valence-electron chi connectivity index (χ4n) is 1.25. The van der Waals surface area contributed by atoms with Crippen LogP contribution in [0.2, 0.25) is 0 Å². The number of aliphatic hydroxyl groups is 1. The van der Waals surface area contributed by atoms with Crippen LogP contribution in [-0.2, 0) is 13.6 Å². The van der Waals surface area contributed by atoms with Gasteiger partial charge in [-0.3, -0.25) is 4.57 Å². The molecule has 0 heterocycles. The highest BCUT2D eigenvalue weighted by Crippen LogP contribution is 2.58. The van der Waals surface area contributed by atoms with Crippen LogP contribution >= 0.6 is 7.60 Å². The second-order valence-corrected chi connectivity index (χ2v) is 5.53. The quantitative estimate of drug-likeness (QED) is 0.781. The highest BCUT2D eigenvalue weighted by molar-refractivity contribution is 7.54. The van der Waals surface area contributed by atoms with Gasteiger partial charge in [0.2, 0.25) is 0 Å². The van der Waals surface area contributed by atoms with E-state index in [2.05, 4.69) is 0 Å². The SMILES string of the molecule is CCCOP(=O)(OC)C(O)c1ccccc1. The van der Waals surface area contributed by atoms with Gasteiger partial charge in [-0.1, -0.05) is 37.3 Å². The van der Waals surface area contributed by atoms with E-state index in [-0.39, 0.29) is 0 Å². The number of hydrogen-bond acceptors (Lipinski definition) is 4. The third-order valence-corrected chi connectivity index (χ3v) is 4.08. The van der Waals surface area contributed by atoms with Crippen LogP contribution in [0.15, 0.2) is 30.3 Å². The monoisotopic (exact) mass is 244 g/mol. The van der Waals surface area contributed by atoms with E-state index in [1.165, 1.54) is 7.11 Å². The van der Waals surface area contributed by atoms with Crippen molar-refractivity contribution in [1.29, 1.82) is 0 Å².